The van der Waals surface area contributed by atoms with Gasteiger partial charge >= 0.3 is 0 Å². The van der Waals surface area contributed by atoms with E-state index in [9.17, 15) is 9.59 Å². The van der Waals surface area contributed by atoms with Gasteiger partial charge in [-0.1, -0.05) is 12.1 Å². The number of hydrogen-bond donors (Lipinski definition) is 1. The highest BCUT2D eigenvalue weighted by molar-refractivity contribution is 7.98. The van der Waals surface area contributed by atoms with Crippen molar-refractivity contribution in [1.82, 2.24) is 9.78 Å². The molecule has 0 unspecified atom stereocenters. The third kappa shape index (κ3) is 4.57. The molecule has 0 fully saturated rings. The Balaban J connectivity index is 1.80. The number of carbonyl (C=O) groups excluding carboxylic acids is 1. The minimum Gasteiger partial charge on any atom is -0.496 e. The molecule has 27 heavy (non-hydrogen) atoms. The van der Waals surface area contributed by atoms with Gasteiger partial charge in [0.2, 0.25) is 5.91 Å². The first-order valence-electron chi connectivity index (χ1n) is 8.26. The Kier molecular flexibility index (Phi) is 5.93. The van der Waals surface area contributed by atoms with Crippen LogP contribution < -0.4 is 15.6 Å². The molecule has 0 aliphatic heterocycles. The van der Waals surface area contributed by atoms with Gasteiger partial charge in [-0.3, -0.25) is 9.59 Å². The standard InChI is InChI=1S/C20H19N3O3S/c1-26-18-6-4-3-5-16(18)17-11-12-20(25)23(22-17)13-19(24)21-14-7-9-15(27-2)10-8-14/h3-12H,13H2,1-2H3,(H,21,24). The second-order valence-corrected chi connectivity index (χ2v) is 6.57. The molecule has 0 bridgehead atoms. The van der Waals surface area contributed by atoms with E-state index < -0.39 is 0 Å². The van der Waals surface area contributed by atoms with Crippen LogP contribution in [0.25, 0.3) is 11.3 Å². The number of anilines is 1. The number of ether oxygens (including phenoxy) is 1. The third-order valence-corrected chi connectivity index (χ3v) is 4.66. The smallest absolute Gasteiger partial charge is 0.267 e. The monoisotopic (exact) mass is 381 g/mol. The van der Waals surface area contributed by atoms with Crippen LogP contribution in [0.3, 0.4) is 0 Å². The normalized spacial score (nSPS) is 10.4. The van der Waals surface area contributed by atoms with Crippen LogP contribution in [-0.4, -0.2) is 29.1 Å². The molecule has 6 nitrogen and oxygen atoms in total. The number of nitrogens with one attached hydrogen (secondary N) is 1. The fraction of sp³-hybridized carbons (Fsp3) is 0.150. The molecular weight excluding hydrogens is 362 g/mol. The lowest BCUT2D eigenvalue weighted by atomic mass is 10.1. The molecule has 0 saturated carbocycles. The van der Waals surface area contributed by atoms with E-state index in [1.165, 1.54) is 6.07 Å². The van der Waals surface area contributed by atoms with E-state index in [1.54, 1.807) is 24.9 Å². The molecule has 0 aliphatic carbocycles. The summed E-state index contributed by atoms with van der Waals surface area (Å²) in [5, 5.41) is 7.10. The van der Waals surface area contributed by atoms with Crippen molar-refractivity contribution in [2.75, 3.05) is 18.7 Å². The van der Waals surface area contributed by atoms with Crippen LogP contribution in [0, 0.1) is 0 Å². The van der Waals surface area contributed by atoms with Crippen molar-refractivity contribution >= 4 is 23.4 Å². The molecule has 0 spiro atoms. The molecule has 0 radical (unpaired) electrons. The zero-order valence-electron chi connectivity index (χ0n) is 15.0. The Morgan fingerprint density at radius 3 is 2.56 bits per heavy atom. The van der Waals surface area contributed by atoms with E-state index in [4.69, 9.17) is 4.74 Å². The summed E-state index contributed by atoms with van der Waals surface area (Å²) < 4.78 is 6.49. The highest BCUT2D eigenvalue weighted by atomic mass is 32.2. The van der Waals surface area contributed by atoms with Crippen LogP contribution in [0.15, 0.2) is 70.4 Å². The summed E-state index contributed by atoms with van der Waals surface area (Å²) in [4.78, 5) is 25.5. The zero-order chi connectivity index (χ0) is 19.2. The molecule has 0 saturated heterocycles. The number of rotatable bonds is 6. The number of carbonyl (C=O) groups is 1. The molecule has 3 aromatic rings. The molecule has 1 heterocycles. The lowest BCUT2D eigenvalue weighted by Gasteiger charge is -2.10. The maximum atomic E-state index is 12.3. The first-order valence-corrected chi connectivity index (χ1v) is 9.48. The van der Waals surface area contributed by atoms with Crippen molar-refractivity contribution in [2.24, 2.45) is 0 Å². The highest BCUT2D eigenvalue weighted by Gasteiger charge is 2.11. The van der Waals surface area contributed by atoms with Crippen molar-refractivity contribution < 1.29 is 9.53 Å². The summed E-state index contributed by atoms with van der Waals surface area (Å²) in [6, 6.07) is 17.9. The Hall–Kier alpha value is -3.06. The van der Waals surface area contributed by atoms with Crippen molar-refractivity contribution in [3.05, 3.63) is 71.0 Å². The summed E-state index contributed by atoms with van der Waals surface area (Å²) in [6.45, 7) is -0.175. The van der Waals surface area contributed by atoms with E-state index in [-0.39, 0.29) is 18.0 Å². The van der Waals surface area contributed by atoms with Crippen LogP contribution in [0.4, 0.5) is 5.69 Å². The van der Waals surface area contributed by atoms with Crippen LogP contribution in [0.5, 0.6) is 5.75 Å². The highest BCUT2D eigenvalue weighted by Crippen LogP contribution is 2.27. The Bertz CT molecular complexity index is 1000. The van der Waals surface area contributed by atoms with E-state index >= 15 is 0 Å². The predicted molar refractivity (Wildman–Crippen MR) is 107 cm³/mol. The number of amides is 1. The number of aromatic nitrogens is 2. The quantitative estimate of drug-likeness (QED) is 0.664. The first kappa shape index (κ1) is 18.7. The Labute approximate surface area is 161 Å². The fourth-order valence-corrected chi connectivity index (χ4v) is 2.98. The number of thioether (sulfide) groups is 1. The third-order valence-electron chi connectivity index (χ3n) is 3.92. The van der Waals surface area contributed by atoms with Gasteiger partial charge in [0.25, 0.3) is 5.56 Å². The van der Waals surface area contributed by atoms with Crippen molar-refractivity contribution in [2.45, 2.75) is 11.4 Å². The number of benzene rings is 2. The minimum atomic E-state index is -0.346. The molecule has 1 aromatic heterocycles. The topological polar surface area (TPSA) is 73.2 Å². The SMILES string of the molecule is COc1ccccc1-c1ccc(=O)n(CC(=O)Nc2ccc(SC)cc2)n1. The Morgan fingerprint density at radius 2 is 1.85 bits per heavy atom. The molecule has 2 aromatic carbocycles. The van der Waals surface area contributed by atoms with E-state index in [2.05, 4.69) is 10.4 Å². The first-order chi connectivity index (χ1) is 13.1. The minimum absolute atomic E-state index is 0.175. The van der Waals surface area contributed by atoms with Crippen molar-refractivity contribution in [1.29, 1.82) is 0 Å². The molecule has 1 amide bonds. The van der Waals surface area contributed by atoms with Gasteiger partial charge in [0, 0.05) is 22.2 Å². The van der Waals surface area contributed by atoms with Gasteiger partial charge in [-0.2, -0.15) is 5.10 Å². The maximum Gasteiger partial charge on any atom is 0.267 e. The van der Waals surface area contributed by atoms with Gasteiger partial charge in [0.05, 0.1) is 12.8 Å². The van der Waals surface area contributed by atoms with Crippen LogP contribution in [-0.2, 0) is 11.3 Å². The second-order valence-electron chi connectivity index (χ2n) is 5.69. The van der Waals surface area contributed by atoms with E-state index in [0.717, 1.165) is 15.1 Å². The van der Waals surface area contributed by atoms with Gasteiger partial charge in [-0.25, -0.2) is 4.68 Å². The largest absolute Gasteiger partial charge is 0.496 e. The van der Waals surface area contributed by atoms with Crippen molar-refractivity contribution in [3.8, 4) is 17.0 Å². The second kappa shape index (κ2) is 8.55. The maximum absolute atomic E-state index is 12.3. The summed E-state index contributed by atoms with van der Waals surface area (Å²) in [5.41, 5.74) is 1.64. The number of methoxy groups -OCH3 is 1. The summed E-state index contributed by atoms with van der Waals surface area (Å²) >= 11 is 1.63. The number of para-hydroxylation sites is 1. The number of hydrogen-bond acceptors (Lipinski definition) is 5. The molecule has 1 N–H and O–H groups in total. The van der Waals surface area contributed by atoms with E-state index in [0.29, 0.717) is 17.1 Å². The molecular formula is C20H19N3O3S. The molecule has 138 valence electrons. The summed E-state index contributed by atoms with van der Waals surface area (Å²) in [6.07, 6.45) is 1.99. The Morgan fingerprint density at radius 1 is 1.11 bits per heavy atom. The van der Waals surface area contributed by atoms with Crippen molar-refractivity contribution in [3.63, 3.8) is 0 Å². The molecule has 7 heteroatoms. The van der Waals surface area contributed by atoms with Gasteiger partial charge in [-0.05, 0) is 48.7 Å². The van der Waals surface area contributed by atoms with Gasteiger partial charge in [0.1, 0.15) is 12.3 Å². The van der Waals surface area contributed by atoms with Crippen LogP contribution in [0.2, 0.25) is 0 Å². The van der Waals surface area contributed by atoms with Gasteiger partial charge < -0.3 is 10.1 Å². The van der Waals surface area contributed by atoms with Gasteiger partial charge in [0.15, 0.2) is 0 Å². The molecule has 3 rings (SSSR count). The van der Waals surface area contributed by atoms with Crippen LogP contribution >= 0.6 is 11.8 Å². The predicted octanol–water partition coefficient (Wildman–Crippen LogP) is 3.28. The molecule has 0 atom stereocenters. The average molecular weight is 381 g/mol. The average Bonchev–Trinajstić information content (AvgIpc) is 2.70. The lowest BCUT2D eigenvalue weighted by molar-refractivity contribution is -0.117. The molecule has 0 aliphatic rings. The van der Waals surface area contributed by atoms with Crippen LogP contribution in [0.1, 0.15) is 0 Å². The summed E-state index contributed by atoms with van der Waals surface area (Å²) in [7, 11) is 1.57. The summed E-state index contributed by atoms with van der Waals surface area (Å²) in [5.74, 6) is 0.326. The van der Waals surface area contributed by atoms with E-state index in [1.807, 2.05) is 54.8 Å². The lowest BCUT2D eigenvalue weighted by Crippen LogP contribution is -2.29. The number of nitrogens with zero attached hydrogens (tertiary/aromatic N) is 2. The van der Waals surface area contributed by atoms with Gasteiger partial charge in [-0.15, -0.1) is 11.8 Å². The zero-order valence-corrected chi connectivity index (χ0v) is 15.8. The fourth-order valence-electron chi connectivity index (χ4n) is 2.57.